The number of carbonyl (C=O) groups is 2. The van der Waals surface area contributed by atoms with Gasteiger partial charge in [-0.2, -0.15) is 5.10 Å². The van der Waals surface area contributed by atoms with Crippen LogP contribution in [-0.4, -0.2) is 17.5 Å². The lowest BCUT2D eigenvalue weighted by molar-refractivity contribution is -0.124. The molecule has 0 fully saturated rings. The molecule has 2 rings (SSSR count). The summed E-state index contributed by atoms with van der Waals surface area (Å²) in [5, 5.41) is 7.13. The molecule has 0 bridgehead atoms. The molecule has 2 aromatic rings. The van der Waals surface area contributed by atoms with Gasteiger partial charge in [0, 0.05) is 18.5 Å². The van der Waals surface area contributed by atoms with E-state index in [4.69, 9.17) is 0 Å². The van der Waals surface area contributed by atoms with Crippen molar-refractivity contribution in [2.45, 2.75) is 52.9 Å². The number of hydrogen-bond donors (Lipinski definition) is 2. The van der Waals surface area contributed by atoms with Crippen molar-refractivity contribution in [1.29, 1.82) is 0 Å². The van der Waals surface area contributed by atoms with Gasteiger partial charge in [-0.1, -0.05) is 49.7 Å². The molecule has 0 aliphatic rings. The second-order valence-electron chi connectivity index (χ2n) is 6.91. The standard InChI is InChI=1S/C23H29N3O2/c1-4-5-11-21(19-9-7-6-8-10-19)25-26-23(28)15-14-22(27)24-20-13-12-17(2)18(3)16-20/h6-10,12-13,16H,4-5,11,14-15H2,1-3H3,(H,24,27)(H,26,28)/b25-21+. The molecule has 0 heterocycles. The Bertz CT molecular complexity index is 829. The predicted molar refractivity (Wildman–Crippen MR) is 114 cm³/mol. The van der Waals surface area contributed by atoms with Crippen LogP contribution in [0.4, 0.5) is 5.69 Å². The molecule has 2 amide bonds. The molecule has 148 valence electrons. The van der Waals surface area contributed by atoms with Crippen LogP contribution in [0.25, 0.3) is 0 Å². The van der Waals surface area contributed by atoms with Gasteiger partial charge in [0.1, 0.15) is 0 Å². The van der Waals surface area contributed by atoms with Crippen molar-refractivity contribution >= 4 is 23.2 Å². The van der Waals surface area contributed by atoms with Crippen molar-refractivity contribution in [1.82, 2.24) is 5.43 Å². The second-order valence-corrected chi connectivity index (χ2v) is 6.91. The van der Waals surface area contributed by atoms with Crippen LogP contribution in [0.2, 0.25) is 0 Å². The van der Waals surface area contributed by atoms with Crippen LogP contribution in [0.1, 0.15) is 55.7 Å². The summed E-state index contributed by atoms with van der Waals surface area (Å²) in [4.78, 5) is 24.2. The summed E-state index contributed by atoms with van der Waals surface area (Å²) in [6, 6.07) is 15.6. The predicted octanol–water partition coefficient (Wildman–Crippen LogP) is 4.73. The van der Waals surface area contributed by atoms with Crippen molar-refractivity contribution in [2.24, 2.45) is 5.10 Å². The quantitative estimate of drug-likeness (QED) is 0.488. The summed E-state index contributed by atoms with van der Waals surface area (Å²) >= 11 is 0. The Labute approximate surface area is 167 Å². The average molecular weight is 380 g/mol. The van der Waals surface area contributed by atoms with E-state index in [2.05, 4.69) is 22.8 Å². The van der Waals surface area contributed by atoms with Crippen LogP contribution in [0.5, 0.6) is 0 Å². The number of nitrogens with one attached hydrogen (secondary N) is 2. The first-order chi connectivity index (χ1) is 13.5. The minimum absolute atomic E-state index is 0.0933. The highest BCUT2D eigenvalue weighted by atomic mass is 16.2. The summed E-state index contributed by atoms with van der Waals surface area (Å²) in [5.41, 5.74) is 7.49. The fraction of sp³-hybridized carbons (Fsp3) is 0.348. The fourth-order valence-corrected chi connectivity index (χ4v) is 2.70. The van der Waals surface area contributed by atoms with Crippen LogP contribution >= 0.6 is 0 Å². The highest BCUT2D eigenvalue weighted by molar-refractivity contribution is 6.01. The van der Waals surface area contributed by atoms with E-state index in [0.717, 1.165) is 41.8 Å². The van der Waals surface area contributed by atoms with Crippen molar-refractivity contribution in [3.8, 4) is 0 Å². The summed E-state index contributed by atoms with van der Waals surface area (Å²) in [6.07, 6.45) is 3.06. The van der Waals surface area contributed by atoms with Gasteiger partial charge in [0.25, 0.3) is 0 Å². The zero-order valence-electron chi connectivity index (χ0n) is 16.9. The summed E-state index contributed by atoms with van der Waals surface area (Å²) in [7, 11) is 0. The van der Waals surface area contributed by atoms with Gasteiger partial charge in [0.15, 0.2) is 0 Å². The molecule has 0 radical (unpaired) electrons. The topological polar surface area (TPSA) is 70.6 Å². The monoisotopic (exact) mass is 379 g/mol. The molecular formula is C23H29N3O2. The number of hydrogen-bond acceptors (Lipinski definition) is 3. The Morgan fingerprint density at radius 3 is 2.29 bits per heavy atom. The molecule has 0 unspecified atom stereocenters. The van der Waals surface area contributed by atoms with Gasteiger partial charge in [-0.25, -0.2) is 5.43 Å². The second kappa shape index (κ2) is 11.0. The largest absolute Gasteiger partial charge is 0.326 e. The minimum Gasteiger partial charge on any atom is -0.326 e. The number of nitrogens with zero attached hydrogens (tertiary/aromatic N) is 1. The molecule has 0 saturated carbocycles. The lowest BCUT2D eigenvalue weighted by Crippen LogP contribution is -2.22. The fourth-order valence-electron chi connectivity index (χ4n) is 2.70. The molecular weight excluding hydrogens is 350 g/mol. The summed E-state index contributed by atoms with van der Waals surface area (Å²) in [6.45, 7) is 6.14. The molecule has 2 N–H and O–H groups in total. The number of anilines is 1. The molecule has 0 aliphatic carbocycles. The van der Waals surface area contributed by atoms with E-state index < -0.39 is 0 Å². The highest BCUT2D eigenvalue weighted by Crippen LogP contribution is 2.14. The van der Waals surface area contributed by atoms with Crippen molar-refractivity contribution in [3.05, 3.63) is 65.2 Å². The van der Waals surface area contributed by atoms with Crippen LogP contribution < -0.4 is 10.7 Å². The van der Waals surface area contributed by atoms with Crippen molar-refractivity contribution < 1.29 is 9.59 Å². The van der Waals surface area contributed by atoms with E-state index in [-0.39, 0.29) is 24.7 Å². The third-order valence-corrected chi connectivity index (χ3v) is 4.56. The molecule has 5 nitrogen and oxygen atoms in total. The maximum atomic E-state index is 12.1. The lowest BCUT2D eigenvalue weighted by atomic mass is 10.1. The van der Waals surface area contributed by atoms with E-state index in [1.165, 1.54) is 5.56 Å². The smallest absolute Gasteiger partial charge is 0.240 e. The van der Waals surface area contributed by atoms with E-state index >= 15 is 0 Å². The van der Waals surface area contributed by atoms with Gasteiger partial charge in [-0.05, 0) is 55.5 Å². The van der Waals surface area contributed by atoms with E-state index in [1.807, 2.05) is 62.4 Å². The number of benzene rings is 2. The minimum atomic E-state index is -0.264. The Morgan fingerprint density at radius 2 is 1.61 bits per heavy atom. The SMILES string of the molecule is CCCC/C(=N\NC(=O)CCC(=O)Nc1ccc(C)c(C)c1)c1ccccc1. The Kier molecular flexibility index (Phi) is 8.40. The third kappa shape index (κ3) is 6.99. The Morgan fingerprint density at radius 1 is 0.893 bits per heavy atom. The van der Waals surface area contributed by atoms with Gasteiger partial charge in [0.2, 0.25) is 11.8 Å². The maximum absolute atomic E-state index is 12.1. The first-order valence-electron chi connectivity index (χ1n) is 9.77. The molecule has 5 heteroatoms. The molecule has 0 atom stereocenters. The molecule has 2 aromatic carbocycles. The zero-order chi connectivity index (χ0) is 20.4. The number of rotatable bonds is 9. The van der Waals surface area contributed by atoms with Crippen LogP contribution in [0, 0.1) is 13.8 Å². The van der Waals surface area contributed by atoms with Gasteiger partial charge < -0.3 is 5.32 Å². The van der Waals surface area contributed by atoms with Gasteiger partial charge in [0.05, 0.1) is 5.71 Å². The number of carbonyl (C=O) groups excluding carboxylic acids is 2. The van der Waals surface area contributed by atoms with E-state index in [0.29, 0.717) is 0 Å². The van der Waals surface area contributed by atoms with E-state index in [9.17, 15) is 9.59 Å². The van der Waals surface area contributed by atoms with Crippen molar-refractivity contribution in [3.63, 3.8) is 0 Å². The molecule has 0 aromatic heterocycles. The maximum Gasteiger partial charge on any atom is 0.240 e. The normalized spacial score (nSPS) is 11.2. The van der Waals surface area contributed by atoms with Crippen molar-refractivity contribution in [2.75, 3.05) is 5.32 Å². The van der Waals surface area contributed by atoms with Gasteiger partial charge in [-0.15, -0.1) is 0 Å². The highest BCUT2D eigenvalue weighted by Gasteiger charge is 2.09. The zero-order valence-corrected chi connectivity index (χ0v) is 16.9. The number of aryl methyl sites for hydroxylation is 2. The Hall–Kier alpha value is -2.95. The van der Waals surface area contributed by atoms with Gasteiger partial charge >= 0.3 is 0 Å². The third-order valence-electron chi connectivity index (χ3n) is 4.56. The van der Waals surface area contributed by atoms with Crippen LogP contribution in [-0.2, 0) is 9.59 Å². The van der Waals surface area contributed by atoms with Gasteiger partial charge in [-0.3, -0.25) is 9.59 Å². The number of unbranched alkanes of at least 4 members (excludes halogenated alkanes) is 1. The summed E-state index contributed by atoms with van der Waals surface area (Å²) in [5.74, 6) is -0.447. The first kappa shape index (κ1) is 21.4. The number of amides is 2. The van der Waals surface area contributed by atoms with Crippen LogP contribution in [0.15, 0.2) is 53.6 Å². The summed E-state index contributed by atoms with van der Waals surface area (Å²) < 4.78 is 0. The molecule has 0 spiro atoms. The average Bonchev–Trinajstić information content (AvgIpc) is 2.70. The molecule has 0 aliphatic heterocycles. The van der Waals surface area contributed by atoms with E-state index in [1.54, 1.807) is 0 Å². The first-order valence-corrected chi connectivity index (χ1v) is 9.77. The Balaban J connectivity index is 1.86. The lowest BCUT2D eigenvalue weighted by Gasteiger charge is -2.08. The number of hydrazone groups is 1. The van der Waals surface area contributed by atoms with Crippen LogP contribution in [0.3, 0.4) is 0 Å². The molecule has 0 saturated heterocycles. The molecule has 28 heavy (non-hydrogen) atoms.